The molecule has 0 spiro atoms. The number of ether oxygens (including phenoxy) is 2. The molecule has 0 N–H and O–H groups in total. The summed E-state index contributed by atoms with van der Waals surface area (Å²) in [6.07, 6.45) is 0. The molecule has 0 fully saturated rings. The van der Waals surface area contributed by atoms with Gasteiger partial charge in [0.05, 0.1) is 30.4 Å². The molecule has 24 heavy (non-hydrogen) atoms. The smallest absolute Gasteiger partial charge is 0.337 e. The van der Waals surface area contributed by atoms with E-state index < -0.39 is 0 Å². The van der Waals surface area contributed by atoms with E-state index in [-0.39, 0.29) is 11.6 Å². The zero-order chi connectivity index (χ0) is 17.3. The van der Waals surface area contributed by atoms with Gasteiger partial charge < -0.3 is 14.0 Å². The van der Waals surface area contributed by atoms with Gasteiger partial charge in [0, 0.05) is 22.8 Å². The first-order chi connectivity index (χ1) is 11.4. The van der Waals surface area contributed by atoms with Crippen molar-refractivity contribution in [2.45, 2.75) is 32.9 Å². The van der Waals surface area contributed by atoms with E-state index in [0.29, 0.717) is 12.2 Å². The highest BCUT2D eigenvalue weighted by Crippen LogP contribution is 2.30. The van der Waals surface area contributed by atoms with Crippen LogP contribution >= 0.6 is 0 Å². The molecule has 0 bridgehead atoms. The predicted molar refractivity (Wildman–Crippen MR) is 96.5 cm³/mol. The molecule has 0 aliphatic heterocycles. The molecule has 0 radical (unpaired) electrons. The lowest BCUT2D eigenvalue weighted by Gasteiger charge is -2.20. The summed E-state index contributed by atoms with van der Waals surface area (Å²) in [5.74, 6) is -0.320. The van der Waals surface area contributed by atoms with Gasteiger partial charge in [0.1, 0.15) is 0 Å². The van der Waals surface area contributed by atoms with Crippen molar-refractivity contribution in [3.05, 3.63) is 48.0 Å². The van der Waals surface area contributed by atoms with Crippen LogP contribution in [0.3, 0.4) is 0 Å². The third-order valence-corrected chi connectivity index (χ3v) is 4.04. The van der Waals surface area contributed by atoms with Gasteiger partial charge in [0.2, 0.25) is 0 Å². The van der Waals surface area contributed by atoms with Crippen LogP contribution in [0.25, 0.3) is 21.8 Å². The summed E-state index contributed by atoms with van der Waals surface area (Å²) in [7, 11) is 1.40. The molecule has 0 saturated carbocycles. The highest BCUT2D eigenvalue weighted by molar-refractivity contribution is 6.09. The molecule has 1 heterocycles. The number of hydrogen-bond donors (Lipinski definition) is 0. The number of methoxy groups -OCH3 is 1. The van der Waals surface area contributed by atoms with E-state index in [4.69, 9.17) is 9.47 Å². The maximum atomic E-state index is 11.9. The minimum Gasteiger partial charge on any atom is -0.465 e. The average Bonchev–Trinajstić information content (AvgIpc) is 2.87. The second-order valence-corrected chi connectivity index (χ2v) is 6.85. The van der Waals surface area contributed by atoms with Crippen LogP contribution in [-0.4, -0.2) is 29.9 Å². The van der Waals surface area contributed by atoms with E-state index in [0.717, 1.165) is 23.0 Å². The molecule has 0 aliphatic rings. The molecule has 1 aromatic heterocycles. The number of hydrogen-bond acceptors (Lipinski definition) is 3. The second-order valence-electron chi connectivity index (χ2n) is 6.85. The van der Waals surface area contributed by atoms with Gasteiger partial charge in [-0.3, -0.25) is 0 Å². The Morgan fingerprint density at radius 2 is 1.75 bits per heavy atom. The summed E-state index contributed by atoms with van der Waals surface area (Å²) in [5.41, 5.74) is 2.56. The van der Waals surface area contributed by atoms with Crippen LogP contribution < -0.4 is 0 Å². The van der Waals surface area contributed by atoms with Crippen LogP contribution in [0.1, 0.15) is 31.1 Å². The number of para-hydroxylation sites is 1. The Kier molecular flexibility index (Phi) is 4.33. The fourth-order valence-corrected chi connectivity index (χ4v) is 2.98. The molecule has 4 nitrogen and oxygen atoms in total. The van der Waals surface area contributed by atoms with E-state index in [1.165, 1.54) is 12.5 Å². The van der Waals surface area contributed by atoms with Gasteiger partial charge in [-0.15, -0.1) is 0 Å². The summed E-state index contributed by atoms with van der Waals surface area (Å²) >= 11 is 0. The molecule has 4 heteroatoms. The maximum Gasteiger partial charge on any atom is 0.337 e. The van der Waals surface area contributed by atoms with Crippen molar-refractivity contribution in [1.29, 1.82) is 0 Å². The van der Waals surface area contributed by atoms with Crippen molar-refractivity contribution in [3.63, 3.8) is 0 Å². The number of carbonyl (C=O) groups is 1. The number of nitrogens with zero attached hydrogens (tertiary/aromatic N) is 1. The van der Waals surface area contributed by atoms with Crippen LogP contribution in [-0.2, 0) is 16.0 Å². The number of benzene rings is 2. The highest BCUT2D eigenvalue weighted by Gasteiger charge is 2.15. The zero-order valence-electron chi connectivity index (χ0n) is 14.6. The topological polar surface area (TPSA) is 40.5 Å². The number of fused-ring (bicyclic) bond motifs is 3. The van der Waals surface area contributed by atoms with Crippen LogP contribution in [0, 0.1) is 0 Å². The largest absolute Gasteiger partial charge is 0.465 e. The van der Waals surface area contributed by atoms with Gasteiger partial charge in [-0.05, 0) is 39.0 Å². The summed E-state index contributed by atoms with van der Waals surface area (Å²) in [4.78, 5) is 11.9. The van der Waals surface area contributed by atoms with Crippen molar-refractivity contribution < 1.29 is 14.3 Å². The molecule has 2 aromatic carbocycles. The molecule has 0 amide bonds. The molecular weight excluding hydrogens is 302 g/mol. The van der Waals surface area contributed by atoms with Gasteiger partial charge in [-0.1, -0.05) is 24.3 Å². The lowest BCUT2D eigenvalue weighted by atomic mass is 10.1. The molecule has 126 valence electrons. The Morgan fingerprint density at radius 3 is 2.46 bits per heavy atom. The normalized spacial score (nSPS) is 12.0. The summed E-state index contributed by atoms with van der Waals surface area (Å²) in [6.45, 7) is 7.49. The lowest BCUT2D eigenvalue weighted by Crippen LogP contribution is -2.21. The summed E-state index contributed by atoms with van der Waals surface area (Å²) in [5, 5.41) is 2.31. The number of esters is 1. The van der Waals surface area contributed by atoms with E-state index in [9.17, 15) is 4.79 Å². The fourth-order valence-electron chi connectivity index (χ4n) is 2.98. The molecular formula is C20H23NO3. The Hall–Kier alpha value is -2.33. The van der Waals surface area contributed by atoms with Crippen LogP contribution in [0.15, 0.2) is 42.5 Å². The first kappa shape index (κ1) is 16.5. The number of rotatable bonds is 4. The lowest BCUT2D eigenvalue weighted by molar-refractivity contribution is -0.00611. The number of carbonyl (C=O) groups excluding carboxylic acids is 1. The standard InChI is InChI=1S/C20H23NO3/c1-20(2,3)24-12-11-21-17-8-6-5-7-15(17)16-10-9-14(13-18(16)21)19(22)23-4/h5-10,13H,11-12H2,1-4H3. The van der Waals surface area contributed by atoms with E-state index in [1.54, 1.807) is 0 Å². The summed E-state index contributed by atoms with van der Waals surface area (Å²) < 4.78 is 13.0. The van der Waals surface area contributed by atoms with Gasteiger partial charge in [-0.25, -0.2) is 4.79 Å². The average molecular weight is 325 g/mol. The van der Waals surface area contributed by atoms with E-state index in [2.05, 4.69) is 16.7 Å². The Labute approximate surface area is 142 Å². The monoisotopic (exact) mass is 325 g/mol. The minimum absolute atomic E-state index is 0.171. The SMILES string of the molecule is COC(=O)c1ccc2c3ccccc3n(CCOC(C)(C)C)c2c1. The molecule has 0 aliphatic carbocycles. The van der Waals surface area contributed by atoms with Crippen LogP contribution in [0.4, 0.5) is 0 Å². The van der Waals surface area contributed by atoms with Crippen LogP contribution in [0.5, 0.6) is 0 Å². The van der Waals surface area contributed by atoms with Gasteiger partial charge in [-0.2, -0.15) is 0 Å². The van der Waals surface area contributed by atoms with Gasteiger partial charge in [0.25, 0.3) is 0 Å². The quantitative estimate of drug-likeness (QED) is 0.668. The van der Waals surface area contributed by atoms with Crippen molar-refractivity contribution in [2.24, 2.45) is 0 Å². The molecule has 3 rings (SSSR count). The third-order valence-electron chi connectivity index (χ3n) is 4.04. The highest BCUT2D eigenvalue weighted by atomic mass is 16.5. The molecule has 0 unspecified atom stereocenters. The summed E-state index contributed by atoms with van der Waals surface area (Å²) in [6, 6.07) is 14.0. The Bertz CT molecular complexity index is 887. The van der Waals surface area contributed by atoms with Crippen molar-refractivity contribution in [3.8, 4) is 0 Å². The Balaban J connectivity index is 2.10. The second kappa shape index (κ2) is 6.29. The minimum atomic E-state index is -0.320. The molecule has 0 saturated heterocycles. The Morgan fingerprint density at radius 1 is 1.04 bits per heavy atom. The van der Waals surface area contributed by atoms with Crippen molar-refractivity contribution in [2.75, 3.05) is 13.7 Å². The fraction of sp³-hybridized carbons (Fsp3) is 0.350. The van der Waals surface area contributed by atoms with Crippen molar-refractivity contribution in [1.82, 2.24) is 4.57 Å². The molecule has 0 atom stereocenters. The van der Waals surface area contributed by atoms with Crippen LogP contribution in [0.2, 0.25) is 0 Å². The molecule has 3 aromatic rings. The van der Waals surface area contributed by atoms with Gasteiger partial charge in [0.15, 0.2) is 0 Å². The van der Waals surface area contributed by atoms with Gasteiger partial charge >= 0.3 is 5.97 Å². The first-order valence-electron chi connectivity index (χ1n) is 8.14. The zero-order valence-corrected chi connectivity index (χ0v) is 14.6. The maximum absolute atomic E-state index is 11.9. The predicted octanol–water partition coefficient (Wildman–Crippen LogP) is 4.40. The first-order valence-corrected chi connectivity index (χ1v) is 8.14. The van der Waals surface area contributed by atoms with Crippen molar-refractivity contribution >= 4 is 27.8 Å². The number of aromatic nitrogens is 1. The van der Waals surface area contributed by atoms with E-state index >= 15 is 0 Å². The third kappa shape index (κ3) is 3.15. The van der Waals surface area contributed by atoms with E-state index in [1.807, 2.05) is 51.1 Å².